The fraction of sp³-hybridized carbons (Fsp3) is 0.190. The van der Waals surface area contributed by atoms with Gasteiger partial charge in [0.2, 0.25) is 5.91 Å². The average Bonchev–Trinajstić information content (AvgIpc) is 3.16. The number of carbonyl (C=O) groups is 2. The van der Waals surface area contributed by atoms with E-state index in [1.807, 2.05) is 34.9 Å². The molecule has 4 heterocycles. The first kappa shape index (κ1) is 16.9. The number of nitrogens with one attached hydrogen (secondary N) is 2. The van der Waals surface area contributed by atoms with E-state index >= 15 is 0 Å². The Morgan fingerprint density at radius 3 is 2.87 bits per heavy atom. The quantitative estimate of drug-likeness (QED) is 0.402. The van der Waals surface area contributed by atoms with Crippen molar-refractivity contribution in [2.75, 3.05) is 5.32 Å². The molecule has 3 aromatic heterocycles. The maximum atomic E-state index is 12.0. The minimum absolute atomic E-state index is 0.0647. The largest absolute Gasteiger partial charge is 0.367 e. The van der Waals surface area contributed by atoms with Crippen LogP contribution in [0.2, 0.25) is 0 Å². The number of rotatable bonds is 4. The van der Waals surface area contributed by atoms with Crippen molar-refractivity contribution < 1.29 is 9.59 Å². The summed E-state index contributed by atoms with van der Waals surface area (Å²) in [7, 11) is 0. The molecule has 9 heteroatoms. The summed E-state index contributed by atoms with van der Waals surface area (Å²) < 4.78 is 3.67. The Kier molecular flexibility index (Phi) is 3.52. The lowest BCUT2D eigenvalue weighted by Crippen LogP contribution is -2.19. The molecule has 1 aromatic carbocycles. The summed E-state index contributed by atoms with van der Waals surface area (Å²) in [5, 5.41) is 10.3. The number of anilines is 1. The van der Waals surface area contributed by atoms with E-state index in [9.17, 15) is 9.59 Å². The molecule has 0 atom stereocenters. The third kappa shape index (κ3) is 2.74. The van der Waals surface area contributed by atoms with Gasteiger partial charge in [0, 0.05) is 23.2 Å². The van der Waals surface area contributed by atoms with Crippen LogP contribution in [0.15, 0.2) is 48.4 Å². The van der Waals surface area contributed by atoms with Crippen LogP contribution in [-0.4, -0.2) is 42.0 Å². The first-order valence-corrected chi connectivity index (χ1v) is 9.78. The van der Waals surface area contributed by atoms with Crippen molar-refractivity contribution in [2.45, 2.75) is 25.3 Å². The molecule has 0 bridgehead atoms. The number of hydrogen-bond donors (Lipinski definition) is 2. The van der Waals surface area contributed by atoms with Gasteiger partial charge in [0.25, 0.3) is 5.91 Å². The van der Waals surface area contributed by atoms with E-state index in [-0.39, 0.29) is 18.2 Å². The number of fused-ring (bicyclic) bond motifs is 2. The number of amides is 2. The number of para-hydroxylation sites is 2. The Labute approximate surface area is 170 Å². The summed E-state index contributed by atoms with van der Waals surface area (Å²) in [5.74, 6) is 0.864. The summed E-state index contributed by atoms with van der Waals surface area (Å²) in [6, 6.07) is 10.2. The summed E-state index contributed by atoms with van der Waals surface area (Å²) >= 11 is 0. The first-order chi connectivity index (χ1) is 14.7. The lowest BCUT2D eigenvalue weighted by atomic mass is 10.1. The molecule has 2 N–H and O–H groups in total. The zero-order chi connectivity index (χ0) is 20.2. The van der Waals surface area contributed by atoms with Crippen LogP contribution >= 0.6 is 0 Å². The van der Waals surface area contributed by atoms with Gasteiger partial charge in [0.15, 0.2) is 5.65 Å². The van der Waals surface area contributed by atoms with Gasteiger partial charge in [0.05, 0.1) is 23.7 Å². The second-order valence-corrected chi connectivity index (χ2v) is 7.58. The fourth-order valence-electron chi connectivity index (χ4n) is 3.68. The SMILES string of the molecule is O=C1CC(=Cc2cnn3c(NC4CC4)cc(-n4cnc5ccccc54)nc23)C(=O)N1. The van der Waals surface area contributed by atoms with Crippen LogP contribution in [0.5, 0.6) is 0 Å². The van der Waals surface area contributed by atoms with E-state index < -0.39 is 0 Å². The molecule has 148 valence electrons. The van der Waals surface area contributed by atoms with Crippen molar-refractivity contribution in [3.05, 3.63) is 54.0 Å². The highest BCUT2D eigenvalue weighted by Crippen LogP contribution is 2.28. The monoisotopic (exact) mass is 399 g/mol. The maximum absolute atomic E-state index is 12.0. The molecule has 1 saturated heterocycles. The highest BCUT2D eigenvalue weighted by atomic mass is 16.2. The van der Waals surface area contributed by atoms with Crippen molar-refractivity contribution in [1.82, 2.24) is 29.5 Å². The number of benzene rings is 1. The molecule has 2 amide bonds. The number of imide groups is 1. The molecule has 6 rings (SSSR count). The lowest BCUT2D eigenvalue weighted by Gasteiger charge is -2.11. The predicted octanol–water partition coefficient (Wildman–Crippen LogP) is 2.07. The van der Waals surface area contributed by atoms with E-state index in [1.165, 1.54) is 0 Å². The Morgan fingerprint density at radius 1 is 1.20 bits per heavy atom. The van der Waals surface area contributed by atoms with Gasteiger partial charge in [0.1, 0.15) is 18.0 Å². The molecule has 9 nitrogen and oxygen atoms in total. The molecule has 30 heavy (non-hydrogen) atoms. The molecule has 1 aliphatic carbocycles. The summed E-state index contributed by atoms with van der Waals surface area (Å²) in [4.78, 5) is 32.8. The molecule has 0 radical (unpaired) electrons. The van der Waals surface area contributed by atoms with Crippen molar-refractivity contribution in [3.63, 3.8) is 0 Å². The van der Waals surface area contributed by atoms with E-state index in [0.717, 1.165) is 29.7 Å². The Morgan fingerprint density at radius 2 is 2.07 bits per heavy atom. The van der Waals surface area contributed by atoms with Crippen LogP contribution in [0.4, 0.5) is 5.82 Å². The van der Waals surface area contributed by atoms with E-state index in [2.05, 4.69) is 20.7 Å². The Hall–Kier alpha value is -4.01. The van der Waals surface area contributed by atoms with Crippen LogP contribution in [0, 0.1) is 0 Å². The highest BCUT2D eigenvalue weighted by molar-refractivity contribution is 6.15. The molecule has 0 unspecified atom stereocenters. The standard InChI is InChI=1S/C21H17N7O2/c29-19-8-12(21(30)26-19)7-13-10-23-28-18(24-14-5-6-14)9-17(25-20(13)28)27-11-22-15-3-1-2-4-16(15)27/h1-4,7,9-11,14,24H,5-6,8H2,(H,26,29,30). The van der Waals surface area contributed by atoms with Gasteiger partial charge >= 0.3 is 0 Å². The third-order valence-electron chi connectivity index (χ3n) is 5.34. The fourth-order valence-corrected chi connectivity index (χ4v) is 3.68. The molecule has 2 fully saturated rings. The predicted molar refractivity (Wildman–Crippen MR) is 110 cm³/mol. The number of carbonyl (C=O) groups excluding carboxylic acids is 2. The van der Waals surface area contributed by atoms with Gasteiger partial charge < -0.3 is 5.32 Å². The van der Waals surface area contributed by atoms with E-state index in [0.29, 0.717) is 28.6 Å². The summed E-state index contributed by atoms with van der Waals surface area (Å²) in [6.45, 7) is 0. The zero-order valence-corrected chi connectivity index (χ0v) is 15.9. The van der Waals surface area contributed by atoms with Gasteiger partial charge in [-0.2, -0.15) is 9.61 Å². The minimum atomic E-state index is -0.368. The van der Waals surface area contributed by atoms with Crippen LogP contribution in [-0.2, 0) is 9.59 Å². The van der Waals surface area contributed by atoms with Gasteiger partial charge in [-0.05, 0) is 31.1 Å². The topological polar surface area (TPSA) is 106 Å². The van der Waals surface area contributed by atoms with Crippen LogP contribution in [0.3, 0.4) is 0 Å². The van der Waals surface area contributed by atoms with Crippen LogP contribution in [0.1, 0.15) is 24.8 Å². The van der Waals surface area contributed by atoms with Crippen molar-refractivity contribution in [3.8, 4) is 5.82 Å². The maximum Gasteiger partial charge on any atom is 0.254 e. The highest BCUT2D eigenvalue weighted by Gasteiger charge is 2.26. The second kappa shape index (κ2) is 6.24. The molecular formula is C21H17N7O2. The zero-order valence-electron chi connectivity index (χ0n) is 15.9. The molecule has 0 spiro atoms. The van der Waals surface area contributed by atoms with Crippen molar-refractivity contribution >= 4 is 40.4 Å². The molecule has 1 saturated carbocycles. The van der Waals surface area contributed by atoms with Crippen LogP contribution < -0.4 is 10.6 Å². The molecule has 1 aliphatic heterocycles. The van der Waals surface area contributed by atoms with E-state index in [4.69, 9.17) is 4.98 Å². The first-order valence-electron chi connectivity index (χ1n) is 9.78. The normalized spacial score (nSPS) is 17.9. The number of hydrogen-bond acceptors (Lipinski definition) is 6. The third-order valence-corrected chi connectivity index (χ3v) is 5.34. The van der Waals surface area contributed by atoms with E-state index in [1.54, 1.807) is 23.1 Å². The smallest absolute Gasteiger partial charge is 0.254 e. The molecule has 4 aromatic rings. The average molecular weight is 399 g/mol. The minimum Gasteiger partial charge on any atom is -0.367 e. The summed E-state index contributed by atoms with van der Waals surface area (Å²) in [5.41, 5.74) is 3.53. The number of aromatic nitrogens is 5. The number of nitrogens with zero attached hydrogens (tertiary/aromatic N) is 5. The molecule has 2 aliphatic rings. The van der Waals surface area contributed by atoms with Gasteiger partial charge in [-0.3, -0.25) is 19.5 Å². The Balaban J connectivity index is 1.54. The van der Waals surface area contributed by atoms with Gasteiger partial charge in [-0.25, -0.2) is 9.97 Å². The van der Waals surface area contributed by atoms with Gasteiger partial charge in [-0.15, -0.1) is 0 Å². The summed E-state index contributed by atoms with van der Waals surface area (Å²) in [6.07, 6.45) is 7.41. The van der Waals surface area contributed by atoms with Crippen molar-refractivity contribution in [1.29, 1.82) is 0 Å². The van der Waals surface area contributed by atoms with Gasteiger partial charge in [-0.1, -0.05) is 12.1 Å². The van der Waals surface area contributed by atoms with Crippen molar-refractivity contribution in [2.24, 2.45) is 0 Å². The number of imidazole rings is 1. The second-order valence-electron chi connectivity index (χ2n) is 7.58. The molecular weight excluding hydrogens is 382 g/mol. The lowest BCUT2D eigenvalue weighted by molar-refractivity contribution is -0.124. The Bertz CT molecular complexity index is 1380. The van der Waals surface area contributed by atoms with Crippen LogP contribution in [0.25, 0.3) is 28.6 Å².